The van der Waals surface area contributed by atoms with Crippen LogP contribution in [0.15, 0.2) is 36.5 Å². The predicted octanol–water partition coefficient (Wildman–Crippen LogP) is 2.23. The summed E-state index contributed by atoms with van der Waals surface area (Å²) in [4.78, 5) is 0. The van der Waals surface area contributed by atoms with Gasteiger partial charge in [0.1, 0.15) is 5.76 Å². The molecule has 0 aliphatic heterocycles. The molecule has 0 atom stereocenters. The number of aliphatic hydroxyl groups excluding tert-OH is 1. The summed E-state index contributed by atoms with van der Waals surface area (Å²) < 4.78 is 12.4. The van der Waals surface area contributed by atoms with Crippen molar-refractivity contribution >= 4 is 0 Å². The highest BCUT2D eigenvalue weighted by molar-refractivity contribution is 5.20. The Labute approximate surface area is 77.8 Å². The van der Waals surface area contributed by atoms with Gasteiger partial charge < -0.3 is 10.4 Å². The average molecular weight is 186 g/mol. The van der Waals surface area contributed by atoms with E-state index in [1.54, 1.807) is 0 Å². The molecule has 0 aromatic carbocycles. The Bertz CT molecular complexity index is 234. The van der Waals surface area contributed by atoms with Gasteiger partial charge in [-0.2, -0.15) is 0 Å². The number of nitrogens with one attached hydrogen (secondary N) is 1. The first-order valence-electron chi connectivity index (χ1n) is 3.90. The topological polar surface area (TPSA) is 35.5 Å². The minimum absolute atomic E-state index is 0.152. The lowest BCUT2D eigenvalue weighted by Crippen LogP contribution is -2.14. The van der Waals surface area contributed by atoms with E-state index in [0.717, 1.165) is 0 Å². The van der Waals surface area contributed by atoms with E-state index in [4.69, 9.17) is 5.11 Å². The molecule has 0 aliphatic carbocycles. The van der Waals surface area contributed by atoms with Crippen LogP contribution in [-0.2, 0) is 0 Å². The van der Waals surface area contributed by atoms with Gasteiger partial charge in [-0.1, -0.05) is 20.1 Å². The van der Waals surface area contributed by atoms with Gasteiger partial charge in [-0.15, -0.1) is 4.48 Å². The average Bonchev–Trinajstić information content (AvgIpc) is 2.02. The quantitative estimate of drug-likeness (QED) is 0.392. The summed E-state index contributed by atoms with van der Waals surface area (Å²) in [5.74, 6) is -0.152. The van der Waals surface area contributed by atoms with Crippen LogP contribution in [0.5, 0.6) is 0 Å². The Kier molecular flexibility index (Phi) is 4.66. The number of aliphatic hydroxyl groups is 1. The third kappa shape index (κ3) is 4.90. The fourth-order valence-electron chi connectivity index (χ4n) is 0.693. The number of rotatable bonds is 5. The second-order valence-corrected chi connectivity index (χ2v) is 2.58. The number of halogens is 1. The van der Waals surface area contributed by atoms with E-state index >= 15 is 0 Å². The lowest BCUT2D eigenvalue weighted by molar-refractivity contribution is 0.126. The number of allylic oxidation sites excluding steroid dienone is 1. The van der Waals surface area contributed by atoms with Crippen LogP contribution in [0.1, 0.15) is 13.3 Å². The molecule has 3 nitrogen and oxygen atoms in total. The molecule has 4 heteroatoms. The van der Waals surface area contributed by atoms with Crippen molar-refractivity contribution in [2.45, 2.75) is 13.3 Å². The Morgan fingerprint density at radius 1 is 1.62 bits per heavy atom. The van der Waals surface area contributed by atoms with Crippen LogP contribution in [0.4, 0.5) is 4.48 Å². The van der Waals surface area contributed by atoms with E-state index in [2.05, 4.69) is 18.5 Å². The molecular formula is C9H15FN2O. The molecule has 0 unspecified atom stereocenters. The number of hydrogen-bond donors (Lipinski definition) is 2. The van der Waals surface area contributed by atoms with Gasteiger partial charge in [0.25, 0.3) is 0 Å². The fourth-order valence-corrected chi connectivity index (χ4v) is 0.693. The molecule has 2 N–H and O–H groups in total. The van der Waals surface area contributed by atoms with E-state index in [-0.39, 0.29) is 11.5 Å². The summed E-state index contributed by atoms with van der Waals surface area (Å²) >= 11 is 0. The van der Waals surface area contributed by atoms with Gasteiger partial charge in [0.05, 0.1) is 11.9 Å². The monoisotopic (exact) mass is 186 g/mol. The third-order valence-electron chi connectivity index (χ3n) is 1.37. The van der Waals surface area contributed by atoms with Gasteiger partial charge in [0.15, 0.2) is 0 Å². The second-order valence-electron chi connectivity index (χ2n) is 2.58. The molecule has 0 aromatic heterocycles. The predicted molar refractivity (Wildman–Crippen MR) is 51.3 cm³/mol. The molecule has 0 aromatic rings. The maximum atomic E-state index is 12.4. The van der Waals surface area contributed by atoms with E-state index in [1.807, 2.05) is 6.92 Å². The van der Waals surface area contributed by atoms with Crippen LogP contribution in [0, 0.1) is 0 Å². The SMILES string of the molecule is C=C(O)C(=C)N/C(=C\N(C)F)CC. The zero-order valence-corrected chi connectivity index (χ0v) is 7.97. The molecule has 0 saturated heterocycles. The fraction of sp³-hybridized carbons (Fsp3) is 0.333. The summed E-state index contributed by atoms with van der Waals surface area (Å²) in [5, 5.41) is 12.1. The highest BCUT2D eigenvalue weighted by atomic mass is 19.2. The first-order valence-corrected chi connectivity index (χ1v) is 3.90. The van der Waals surface area contributed by atoms with E-state index in [9.17, 15) is 4.48 Å². The number of nitrogens with zero attached hydrogens (tertiary/aromatic N) is 1. The van der Waals surface area contributed by atoms with Crippen molar-refractivity contribution in [1.29, 1.82) is 0 Å². The zero-order valence-electron chi connectivity index (χ0n) is 7.97. The zero-order chi connectivity index (χ0) is 10.4. The maximum Gasteiger partial charge on any atom is 0.131 e. The van der Waals surface area contributed by atoms with Crippen molar-refractivity contribution in [1.82, 2.24) is 10.4 Å². The van der Waals surface area contributed by atoms with Gasteiger partial charge in [-0.25, -0.2) is 5.12 Å². The van der Waals surface area contributed by atoms with Crippen molar-refractivity contribution in [3.8, 4) is 0 Å². The lowest BCUT2D eigenvalue weighted by Gasteiger charge is -2.11. The highest BCUT2D eigenvalue weighted by Crippen LogP contribution is 2.04. The molecule has 0 rings (SSSR count). The van der Waals surface area contributed by atoms with Crippen LogP contribution >= 0.6 is 0 Å². The van der Waals surface area contributed by atoms with Gasteiger partial charge in [-0.05, 0) is 6.42 Å². The second kappa shape index (κ2) is 5.24. The van der Waals surface area contributed by atoms with Gasteiger partial charge in [0, 0.05) is 12.7 Å². The van der Waals surface area contributed by atoms with Gasteiger partial charge in [0.2, 0.25) is 0 Å². The summed E-state index contributed by atoms with van der Waals surface area (Å²) in [6.07, 6.45) is 1.88. The summed E-state index contributed by atoms with van der Waals surface area (Å²) in [6.45, 7) is 8.64. The molecule has 0 fully saturated rings. The maximum absolute atomic E-state index is 12.4. The summed E-state index contributed by atoms with van der Waals surface area (Å²) in [6, 6.07) is 0. The summed E-state index contributed by atoms with van der Waals surface area (Å²) in [7, 11) is 1.27. The Balaban J connectivity index is 4.30. The van der Waals surface area contributed by atoms with Gasteiger partial charge in [-0.3, -0.25) is 0 Å². The summed E-state index contributed by atoms with van der Waals surface area (Å²) in [5.41, 5.74) is 0.889. The van der Waals surface area contributed by atoms with Crippen molar-refractivity contribution in [3.05, 3.63) is 36.5 Å². The van der Waals surface area contributed by atoms with Crippen molar-refractivity contribution < 1.29 is 9.59 Å². The van der Waals surface area contributed by atoms with E-state index in [0.29, 0.717) is 17.2 Å². The Hall–Kier alpha value is -1.45. The third-order valence-corrected chi connectivity index (χ3v) is 1.37. The normalized spacial score (nSPS) is 10.8. The molecule has 0 spiro atoms. The van der Waals surface area contributed by atoms with Crippen molar-refractivity contribution in [2.75, 3.05) is 7.05 Å². The molecule has 0 saturated carbocycles. The van der Waals surface area contributed by atoms with Crippen LogP contribution in [0.3, 0.4) is 0 Å². The molecule has 74 valence electrons. The van der Waals surface area contributed by atoms with E-state index < -0.39 is 0 Å². The van der Waals surface area contributed by atoms with E-state index in [1.165, 1.54) is 13.2 Å². The molecule has 0 amide bonds. The Morgan fingerprint density at radius 2 is 2.15 bits per heavy atom. The highest BCUT2D eigenvalue weighted by Gasteiger charge is 2.00. The minimum Gasteiger partial charge on any atom is -0.506 e. The molecule has 13 heavy (non-hydrogen) atoms. The largest absolute Gasteiger partial charge is 0.506 e. The molecule has 0 radical (unpaired) electrons. The smallest absolute Gasteiger partial charge is 0.131 e. The first-order chi connectivity index (χ1) is 5.97. The standard InChI is InChI=1S/C9H15FN2O/c1-5-9(6-12(4)10)11-7(2)8(3)13/h6,11,13H,2-3,5H2,1,4H3/b9-6-. The Morgan fingerprint density at radius 3 is 2.46 bits per heavy atom. The van der Waals surface area contributed by atoms with Crippen LogP contribution < -0.4 is 5.32 Å². The van der Waals surface area contributed by atoms with Crippen molar-refractivity contribution in [3.63, 3.8) is 0 Å². The molecule has 0 aliphatic rings. The van der Waals surface area contributed by atoms with Gasteiger partial charge >= 0.3 is 0 Å². The first kappa shape index (κ1) is 11.6. The van der Waals surface area contributed by atoms with Crippen LogP contribution in [0.25, 0.3) is 0 Å². The minimum atomic E-state index is -0.152. The number of hydrogen-bond acceptors (Lipinski definition) is 3. The molecular weight excluding hydrogens is 171 g/mol. The van der Waals surface area contributed by atoms with Crippen LogP contribution in [0.2, 0.25) is 0 Å². The van der Waals surface area contributed by atoms with Crippen LogP contribution in [-0.4, -0.2) is 17.3 Å². The van der Waals surface area contributed by atoms with Crippen molar-refractivity contribution in [2.24, 2.45) is 0 Å². The molecule has 0 heterocycles. The molecule has 0 bridgehead atoms. The lowest BCUT2D eigenvalue weighted by atomic mass is 10.3.